The lowest BCUT2D eigenvalue weighted by molar-refractivity contribution is -0.119. The molecule has 102 valence electrons. The monoisotopic (exact) mass is 246 g/mol. The minimum Gasteiger partial charge on any atom is -0.0767 e. The molecule has 0 nitrogen and oxygen atoms in total. The fourth-order valence-corrected chi connectivity index (χ4v) is 6.95. The van der Waals surface area contributed by atoms with Crippen LogP contribution in [0.3, 0.4) is 0 Å². The first-order valence-electron chi connectivity index (χ1n) is 8.38. The van der Waals surface area contributed by atoms with Gasteiger partial charge >= 0.3 is 0 Å². The smallest absolute Gasteiger partial charge is 0.0767 e. The van der Waals surface area contributed by atoms with E-state index in [0.717, 1.165) is 18.4 Å². The summed E-state index contributed by atoms with van der Waals surface area (Å²) in [7, 11) is 0. The van der Waals surface area contributed by atoms with E-state index in [-0.39, 0.29) is 0 Å². The van der Waals surface area contributed by atoms with Crippen LogP contribution in [0, 0.1) is 22.2 Å². The molecule has 5 atom stereocenters. The molecule has 0 N–H and O–H groups in total. The number of rotatable bonds is 1. The van der Waals surface area contributed by atoms with E-state index in [1.807, 2.05) is 0 Å². The molecular formula is C17H31B. The summed E-state index contributed by atoms with van der Waals surface area (Å²) in [5.41, 5.74) is 1.90. The summed E-state index contributed by atoms with van der Waals surface area (Å²) >= 11 is 0. The van der Waals surface area contributed by atoms with Gasteiger partial charge in [0, 0.05) is 0 Å². The SMILES string of the molecule is CCB1CC2(C)CCCC3(C)CCC(C)C1C32C. The van der Waals surface area contributed by atoms with E-state index in [0.29, 0.717) is 16.2 Å². The fourth-order valence-electron chi connectivity index (χ4n) is 6.95. The van der Waals surface area contributed by atoms with E-state index in [1.54, 1.807) is 0 Å². The van der Waals surface area contributed by atoms with Crippen LogP contribution in [0.1, 0.15) is 66.7 Å². The normalized spacial score (nSPS) is 55.5. The standard InChI is InChI=1S/C17H31B/c1-6-18-12-16(4)10-7-9-15(3)11-8-13(2)14(18)17(15,16)5/h13-14H,6-12H2,1-5H3. The van der Waals surface area contributed by atoms with Crippen LogP contribution in [0.25, 0.3) is 0 Å². The minimum atomic E-state index is 0.622. The van der Waals surface area contributed by atoms with Gasteiger partial charge in [-0.05, 0) is 41.4 Å². The zero-order valence-electron chi connectivity index (χ0n) is 13.2. The highest BCUT2D eigenvalue weighted by molar-refractivity contribution is 6.62. The van der Waals surface area contributed by atoms with Gasteiger partial charge in [0.1, 0.15) is 6.71 Å². The Morgan fingerprint density at radius 1 is 1.06 bits per heavy atom. The van der Waals surface area contributed by atoms with E-state index in [4.69, 9.17) is 0 Å². The molecule has 0 aromatic rings. The Morgan fingerprint density at radius 3 is 2.39 bits per heavy atom. The van der Waals surface area contributed by atoms with Crippen molar-refractivity contribution in [2.24, 2.45) is 22.2 Å². The Morgan fingerprint density at radius 2 is 1.72 bits per heavy atom. The Balaban J connectivity index is 2.12. The third-order valence-electron chi connectivity index (χ3n) is 8.14. The van der Waals surface area contributed by atoms with E-state index < -0.39 is 0 Å². The Labute approximate surface area is 114 Å². The maximum atomic E-state index is 2.70. The third kappa shape index (κ3) is 1.29. The van der Waals surface area contributed by atoms with E-state index in [1.165, 1.54) is 44.7 Å². The van der Waals surface area contributed by atoms with Crippen LogP contribution in [-0.4, -0.2) is 6.71 Å². The summed E-state index contributed by atoms with van der Waals surface area (Å²) in [6.45, 7) is 14.0. The molecule has 0 aromatic heterocycles. The van der Waals surface area contributed by atoms with Gasteiger partial charge in [-0.2, -0.15) is 0 Å². The van der Waals surface area contributed by atoms with Gasteiger partial charge < -0.3 is 0 Å². The van der Waals surface area contributed by atoms with Gasteiger partial charge in [0.15, 0.2) is 0 Å². The molecule has 0 aromatic carbocycles. The van der Waals surface area contributed by atoms with Crippen LogP contribution in [-0.2, 0) is 0 Å². The Hall–Kier alpha value is 0.0649. The molecule has 2 aliphatic carbocycles. The molecule has 0 amide bonds. The molecule has 1 heteroatoms. The molecule has 1 saturated heterocycles. The Kier molecular flexibility index (Phi) is 2.76. The molecular weight excluding hydrogens is 215 g/mol. The van der Waals surface area contributed by atoms with Gasteiger partial charge in [-0.1, -0.05) is 65.9 Å². The first-order valence-corrected chi connectivity index (χ1v) is 8.38. The summed E-state index contributed by atoms with van der Waals surface area (Å²) < 4.78 is 0. The maximum absolute atomic E-state index is 2.70. The molecule has 0 spiro atoms. The zero-order valence-corrected chi connectivity index (χ0v) is 13.2. The summed E-state index contributed by atoms with van der Waals surface area (Å²) in [5.74, 6) is 1.97. The van der Waals surface area contributed by atoms with Crippen molar-refractivity contribution < 1.29 is 0 Å². The quantitative estimate of drug-likeness (QED) is 0.534. The van der Waals surface area contributed by atoms with Crippen molar-refractivity contribution in [3.8, 4) is 0 Å². The second-order valence-corrected chi connectivity index (χ2v) is 8.59. The lowest BCUT2D eigenvalue weighted by atomic mass is 9.32. The molecule has 5 unspecified atom stereocenters. The van der Waals surface area contributed by atoms with Crippen molar-refractivity contribution >= 4 is 6.71 Å². The average Bonchev–Trinajstić information content (AvgIpc) is 2.56. The minimum absolute atomic E-state index is 0.622. The highest BCUT2D eigenvalue weighted by Gasteiger charge is 2.69. The zero-order chi connectivity index (χ0) is 13.2. The highest BCUT2D eigenvalue weighted by atomic mass is 14.7. The second-order valence-electron chi connectivity index (χ2n) is 8.59. The molecule has 1 aliphatic heterocycles. The predicted molar refractivity (Wildman–Crippen MR) is 81.4 cm³/mol. The van der Waals surface area contributed by atoms with Crippen molar-refractivity contribution in [3.05, 3.63) is 0 Å². The molecule has 3 fully saturated rings. The molecule has 18 heavy (non-hydrogen) atoms. The lowest BCUT2D eigenvalue weighted by Crippen LogP contribution is -2.55. The van der Waals surface area contributed by atoms with Crippen molar-refractivity contribution in [1.29, 1.82) is 0 Å². The molecule has 2 saturated carbocycles. The van der Waals surface area contributed by atoms with Crippen molar-refractivity contribution in [2.75, 3.05) is 0 Å². The topological polar surface area (TPSA) is 0 Å². The Bertz CT molecular complexity index is 352. The van der Waals surface area contributed by atoms with Crippen molar-refractivity contribution in [3.63, 3.8) is 0 Å². The maximum Gasteiger partial charge on any atom is 0.144 e. The molecule has 0 bridgehead atoms. The lowest BCUT2D eigenvalue weighted by Gasteiger charge is -2.64. The average molecular weight is 246 g/mol. The molecule has 1 heterocycles. The second kappa shape index (κ2) is 3.80. The highest BCUT2D eigenvalue weighted by Crippen LogP contribution is 2.77. The van der Waals surface area contributed by atoms with Crippen LogP contribution in [0.5, 0.6) is 0 Å². The third-order valence-corrected chi connectivity index (χ3v) is 8.14. The van der Waals surface area contributed by atoms with E-state index in [2.05, 4.69) is 34.6 Å². The van der Waals surface area contributed by atoms with Gasteiger partial charge in [-0.25, -0.2) is 0 Å². The fraction of sp³-hybridized carbons (Fsp3) is 1.00. The van der Waals surface area contributed by atoms with Crippen LogP contribution in [0.4, 0.5) is 0 Å². The van der Waals surface area contributed by atoms with Crippen LogP contribution in [0.15, 0.2) is 0 Å². The van der Waals surface area contributed by atoms with Gasteiger partial charge in [0.05, 0.1) is 0 Å². The molecule has 0 radical (unpaired) electrons. The van der Waals surface area contributed by atoms with Gasteiger partial charge in [0.2, 0.25) is 0 Å². The summed E-state index contributed by atoms with van der Waals surface area (Å²) in [5, 5.41) is 0. The summed E-state index contributed by atoms with van der Waals surface area (Å²) in [4.78, 5) is 0. The van der Waals surface area contributed by atoms with Crippen molar-refractivity contribution in [2.45, 2.75) is 85.2 Å². The van der Waals surface area contributed by atoms with Gasteiger partial charge in [-0.15, -0.1) is 0 Å². The van der Waals surface area contributed by atoms with Crippen LogP contribution >= 0.6 is 0 Å². The summed E-state index contributed by atoms with van der Waals surface area (Å²) in [6.07, 6.45) is 10.4. The number of hydrogen-bond donors (Lipinski definition) is 0. The summed E-state index contributed by atoms with van der Waals surface area (Å²) in [6, 6.07) is 0. The first kappa shape index (κ1) is 13.1. The van der Waals surface area contributed by atoms with E-state index >= 15 is 0 Å². The van der Waals surface area contributed by atoms with E-state index in [9.17, 15) is 0 Å². The largest absolute Gasteiger partial charge is 0.144 e. The number of hydrogen-bond acceptors (Lipinski definition) is 0. The predicted octanol–water partition coefficient (Wildman–Crippen LogP) is 5.52. The van der Waals surface area contributed by atoms with Crippen LogP contribution in [0.2, 0.25) is 18.5 Å². The first-order chi connectivity index (χ1) is 8.38. The van der Waals surface area contributed by atoms with Gasteiger partial charge in [0.25, 0.3) is 0 Å². The molecule has 3 aliphatic rings. The molecule has 3 rings (SSSR count). The van der Waals surface area contributed by atoms with Crippen LogP contribution < -0.4 is 0 Å². The van der Waals surface area contributed by atoms with Crippen molar-refractivity contribution in [1.82, 2.24) is 0 Å². The van der Waals surface area contributed by atoms with Gasteiger partial charge in [-0.3, -0.25) is 0 Å².